The van der Waals surface area contributed by atoms with E-state index in [0.29, 0.717) is 44.0 Å². The molecule has 55 heavy (non-hydrogen) atoms. The third-order valence-corrected chi connectivity index (χ3v) is 9.73. The van der Waals surface area contributed by atoms with Crippen LogP contribution in [-0.4, -0.2) is 70.4 Å². The van der Waals surface area contributed by atoms with E-state index in [1.807, 2.05) is 48.5 Å². The summed E-state index contributed by atoms with van der Waals surface area (Å²) in [5.41, 5.74) is 5.96. The minimum Gasteiger partial charge on any atom is -0.508 e. The maximum Gasteiger partial charge on any atom is 0.264 e. The molecule has 0 bridgehead atoms. The zero-order chi connectivity index (χ0) is 38.9. The number of nitrogens with zero attached hydrogens (tertiary/aromatic N) is 1. The van der Waals surface area contributed by atoms with Gasteiger partial charge in [0.2, 0.25) is 17.7 Å². The second-order valence-corrected chi connectivity index (χ2v) is 13.4. The number of nitrogens with one attached hydrogen (secondary N) is 3. The molecule has 2 aliphatic heterocycles. The van der Waals surface area contributed by atoms with Crippen molar-refractivity contribution >= 4 is 46.4 Å². The highest BCUT2D eigenvalue weighted by molar-refractivity contribution is 6.25. The number of hydrogen-bond acceptors (Lipinski definition) is 9. The molecule has 2 heterocycles. The fraction of sp³-hybridized carbons (Fsp3) is 0.279. The predicted octanol–water partition coefficient (Wildman–Crippen LogP) is 6.04. The summed E-state index contributed by atoms with van der Waals surface area (Å²) in [6.45, 7) is 3.25. The zero-order valence-electron chi connectivity index (χ0n) is 30.6. The first kappa shape index (κ1) is 38.3. The topological polar surface area (TPSA) is 174 Å². The molecule has 1 fully saturated rings. The van der Waals surface area contributed by atoms with Crippen LogP contribution in [0.15, 0.2) is 91.0 Å². The van der Waals surface area contributed by atoms with Crippen molar-refractivity contribution in [2.24, 2.45) is 0 Å². The van der Waals surface area contributed by atoms with Gasteiger partial charge in [-0.25, -0.2) is 0 Å². The van der Waals surface area contributed by atoms with E-state index in [1.165, 1.54) is 0 Å². The number of unbranched alkanes of at least 4 members (excludes halogenated alkanes) is 2. The first-order chi connectivity index (χ1) is 26.6. The average Bonchev–Trinajstić information content (AvgIpc) is 3.44. The van der Waals surface area contributed by atoms with Crippen LogP contribution in [0.1, 0.15) is 89.3 Å². The van der Waals surface area contributed by atoms with Crippen molar-refractivity contribution in [1.82, 2.24) is 15.5 Å². The van der Waals surface area contributed by atoms with Crippen LogP contribution in [0.4, 0.5) is 5.69 Å². The number of rotatable bonds is 16. The van der Waals surface area contributed by atoms with Crippen LogP contribution in [0.2, 0.25) is 0 Å². The van der Waals surface area contributed by atoms with Gasteiger partial charge < -0.3 is 25.6 Å². The van der Waals surface area contributed by atoms with E-state index in [4.69, 9.17) is 4.74 Å². The minimum atomic E-state index is -1.02. The van der Waals surface area contributed by atoms with Crippen LogP contribution in [0.5, 0.6) is 17.2 Å². The normalized spacial score (nSPS) is 15.7. The van der Waals surface area contributed by atoms with E-state index in [0.717, 1.165) is 52.0 Å². The number of fused-ring (bicyclic) bond motifs is 1. The van der Waals surface area contributed by atoms with Gasteiger partial charge in [0.25, 0.3) is 11.8 Å². The molecule has 2 aliphatic rings. The van der Waals surface area contributed by atoms with Gasteiger partial charge >= 0.3 is 0 Å². The number of ether oxygens (including phenoxy) is 1. The molecule has 12 heteroatoms. The first-order valence-electron chi connectivity index (χ1n) is 18.5. The Morgan fingerprint density at radius 1 is 0.800 bits per heavy atom. The minimum absolute atomic E-state index is 0.0591. The van der Waals surface area contributed by atoms with Crippen molar-refractivity contribution < 1.29 is 38.9 Å². The summed E-state index contributed by atoms with van der Waals surface area (Å²) in [5, 5.41) is 28.1. The van der Waals surface area contributed by atoms with Crippen LogP contribution in [0, 0.1) is 0 Å². The summed E-state index contributed by atoms with van der Waals surface area (Å²) in [4.78, 5) is 63.7. The van der Waals surface area contributed by atoms with Crippen LogP contribution >= 0.6 is 0 Å². The lowest BCUT2D eigenvalue weighted by molar-refractivity contribution is -0.136. The Labute approximate surface area is 319 Å². The predicted molar refractivity (Wildman–Crippen MR) is 207 cm³/mol. The van der Waals surface area contributed by atoms with Gasteiger partial charge in [0.1, 0.15) is 29.9 Å². The summed E-state index contributed by atoms with van der Waals surface area (Å²) < 4.78 is 5.91. The van der Waals surface area contributed by atoms with E-state index in [1.54, 1.807) is 42.5 Å². The van der Waals surface area contributed by atoms with Gasteiger partial charge in [-0.1, -0.05) is 55.8 Å². The molecule has 1 atom stereocenters. The summed E-state index contributed by atoms with van der Waals surface area (Å²) in [5.74, 6) is -1.20. The summed E-state index contributed by atoms with van der Waals surface area (Å²) >= 11 is 0. The molecule has 6 rings (SSSR count). The number of amides is 5. The molecule has 1 unspecified atom stereocenters. The molecule has 1 saturated heterocycles. The maximum absolute atomic E-state index is 13.3. The molecule has 0 aromatic heterocycles. The number of imide groups is 2. The van der Waals surface area contributed by atoms with Crippen molar-refractivity contribution in [1.29, 1.82) is 0 Å². The van der Waals surface area contributed by atoms with Crippen molar-refractivity contribution in [3.8, 4) is 17.2 Å². The molecule has 4 aromatic carbocycles. The summed E-state index contributed by atoms with van der Waals surface area (Å²) in [6.07, 6.45) is 3.42. The average molecular weight is 745 g/mol. The number of aromatic hydroxyl groups is 2. The van der Waals surface area contributed by atoms with Crippen LogP contribution < -0.4 is 20.7 Å². The number of allylic oxidation sites excluding steroid dienone is 1. The van der Waals surface area contributed by atoms with Crippen molar-refractivity contribution in [2.75, 3.05) is 25.0 Å². The molecule has 0 saturated carbocycles. The number of anilines is 1. The van der Waals surface area contributed by atoms with Crippen molar-refractivity contribution in [3.63, 3.8) is 0 Å². The maximum atomic E-state index is 13.3. The van der Waals surface area contributed by atoms with Gasteiger partial charge in [0.05, 0.1) is 17.7 Å². The molecular weight excluding hydrogens is 700 g/mol. The number of phenols is 2. The number of phenolic OH excluding ortho intramolecular Hbond substituents is 2. The third-order valence-electron chi connectivity index (χ3n) is 9.73. The highest BCUT2D eigenvalue weighted by Gasteiger charge is 2.45. The summed E-state index contributed by atoms with van der Waals surface area (Å²) in [6, 6.07) is 25.9. The fourth-order valence-electron chi connectivity index (χ4n) is 6.97. The molecule has 0 spiro atoms. The van der Waals surface area contributed by atoms with Gasteiger partial charge in [-0.05, 0) is 102 Å². The van der Waals surface area contributed by atoms with Gasteiger partial charge in [-0.2, -0.15) is 0 Å². The lowest BCUT2D eigenvalue weighted by Gasteiger charge is -2.27. The molecule has 0 radical (unpaired) electrons. The van der Waals surface area contributed by atoms with Crippen LogP contribution in [-0.2, 0) is 14.4 Å². The second kappa shape index (κ2) is 17.6. The number of carbonyl (C=O) groups excluding carboxylic acids is 5. The SMILES string of the molecule is CCC(=C(c1ccc(O)cc1)c1ccc(OCCNC(=O)CCCCCNc2cccc3c2C(=O)N(C2CCC(=O)NC2=O)C3=O)cc1)c1ccc(O)cc1. The third kappa shape index (κ3) is 9.03. The second-order valence-electron chi connectivity index (χ2n) is 13.4. The molecule has 5 amide bonds. The van der Waals surface area contributed by atoms with Crippen LogP contribution in [0.25, 0.3) is 11.1 Å². The van der Waals surface area contributed by atoms with Gasteiger partial charge in [0, 0.05) is 25.1 Å². The highest BCUT2D eigenvalue weighted by Crippen LogP contribution is 2.36. The molecule has 0 aliphatic carbocycles. The molecule has 4 aromatic rings. The van der Waals surface area contributed by atoms with Gasteiger partial charge in [0.15, 0.2) is 0 Å². The van der Waals surface area contributed by atoms with Crippen molar-refractivity contribution in [3.05, 3.63) is 119 Å². The number of carbonyl (C=O) groups is 5. The number of piperidine rings is 1. The smallest absolute Gasteiger partial charge is 0.264 e. The van der Waals surface area contributed by atoms with E-state index in [9.17, 15) is 34.2 Å². The monoisotopic (exact) mass is 744 g/mol. The Morgan fingerprint density at radius 2 is 1.45 bits per heavy atom. The Kier molecular flexibility index (Phi) is 12.3. The quantitative estimate of drug-likeness (QED) is 0.0521. The van der Waals surface area contributed by atoms with Crippen LogP contribution in [0.3, 0.4) is 0 Å². The number of benzene rings is 4. The lowest BCUT2D eigenvalue weighted by atomic mass is 9.88. The Balaban J connectivity index is 0.932. The number of hydrogen-bond donors (Lipinski definition) is 5. The highest BCUT2D eigenvalue weighted by atomic mass is 16.5. The summed E-state index contributed by atoms with van der Waals surface area (Å²) in [7, 11) is 0. The van der Waals surface area contributed by atoms with Gasteiger partial charge in [-0.3, -0.25) is 34.2 Å². The zero-order valence-corrected chi connectivity index (χ0v) is 30.6. The lowest BCUT2D eigenvalue weighted by Crippen LogP contribution is -2.54. The molecule has 12 nitrogen and oxygen atoms in total. The largest absolute Gasteiger partial charge is 0.508 e. The standard InChI is InChI=1S/C43H44N4O8/c1-2-33(27-10-16-30(48)17-11-27)39(28-12-18-31(49)19-13-28)29-14-20-32(21-15-29)55-26-25-45-37(50)9-4-3-5-24-44-35-8-6-7-34-40(35)43(54)47(42(34)53)36-22-23-38(51)46-41(36)52/h6-8,10-21,36,44,48-49H,2-5,9,22-26H2,1H3,(H,45,50)(H,46,51,52). The Bertz CT molecular complexity index is 2090. The van der Waals surface area contributed by atoms with E-state index in [2.05, 4.69) is 22.9 Å². The first-order valence-corrected chi connectivity index (χ1v) is 18.5. The van der Waals surface area contributed by atoms with E-state index in [-0.39, 0.29) is 41.4 Å². The molecule has 284 valence electrons. The Hall–Kier alpha value is -6.43. The van der Waals surface area contributed by atoms with Crippen molar-refractivity contribution in [2.45, 2.75) is 57.9 Å². The molecular formula is C43H44N4O8. The van der Waals surface area contributed by atoms with E-state index < -0.39 is 29.7 Å². The van der Waals surface area contributed by atoms with Gasteiger partial charge in [-0.15, -0.1) is 0 Å². The fourth-order valence-corrected chi connectivity index (χ4v) is 6.97. The Morgan fingerprint density at radius 3 is 2.11 bits per heavy atom. The molecule has 5 N–H and O–H groups in total. The van der Waals surface area contributed by atoms with E-state index >= 15 is 0 Å².